The molecule has 0 aromatic carbocycles. The van der Waals surface area contributed by atoms with Crippen molar-refractivity contribution in [3.63, 3.8) is 0 Å². The van der Waals surface area contributed by atoms with Crippen molar-refractivity contribution in [3.8, 4) is 0 Å². The zero-order chi connectivity index (χ0) is 6.69. The Morgan fingerprint density at radius 2 is 2.33 bits per heavy atom. The van der Waals surface area contributed by atoms with Crippen molar-refractivity contribution in [2.45, 2.75) is 6.42 Å². The third-order valence-electron chi connectivity index (χ3n) is 1.19. The van der Waals surface area contributed by atoms with Gasteiger partial charge >= 0.3 is 0 Å². The molecule has 0 amide bonds. The standard InChI is InChI=1S/C8H8O/c1-2-3-7-4-5-8(9)6-7/h2-5H,1,6H2. The Morgan fingerprint density at radius 1 is 1.56 bits per heavy atom. The van der Waals surface area contributed by atoms with Gasteiger partial charge in [0.1, 0.15) is 0 Å². The number of rotatable bonds is 1. The highest BCUT2D eigenvalue weighted by Crippen LogP contribution is 2.11. The first kappa shape index (κ1) is 6.02. The van der Waals surface area contributed by atoms with E-state index in [9.17, 15) is 4.79 Å². The van der Waals surface area contributed by atoms with Crippen LogP contribution in [0.15, 0.2) is 36.5 Å². The maximum Gasteiger partial charge on any atom is 0.160 e. The van der Waals surface area contributed by atoms with Gasteiger partial charge in [-0.2, -0.15) is 0 Å². The fourth-order valence-electron chi connectivity index (χ4n) is 0.785. The number of hydrogen-bond donors (Lipinski definition) is 0. The summed E-state index contributed by atoms with van der Waals surface area (Å²) in [5, 5.41) is 0. The number of ketones is 1. The van der Waals surface area contributed by atoms with Crippen molar-refractivity contribution in [2.75, 3.05) is 0 Å². The molecule has 1 rings (SSSR count). The Bertz CT molecular complexity index is 197. The summed E-state index contributed by atoms with van der Waals surface area (Å²) in [5.41, 5.74) is 1.05. The molecule has 0 N–H and O–H groups in total. The summed E-state index contributed by atoms with van der Waals surface area (Å²) < 4.78 is 0. The molecule has 0 fully saturated rings. The van der Waals surface area contributed by atoms with Crippen LogP contribution in [-0.4, -0.2) is 5.78 Å². The normalized spacial score (nSPS) is 21.3. The van der Waals surface area contributed by atoms with Crippen LogP contribution in [-0.2, 0) is 4.79 Å². The van der Waals surface area contributed by atoms with Crippen LogP contribution < -0.4 is 0 Å². The van der Waals surface area contributed by atoms with Crippen molar-refractivity contribution in [3.05, 3.63) is 36.5 Å². The Morgan fingerprint density at radius 3 is 2.78 bits per heavy atom. The van der Waals surface area contributed by atoms with Crippen LogP contribution in [0.2, 0.25) is 0 Å². The molecule has 0 heterocycles. The van der Waals surface area contributed by atoms with E-state index in [1.807, 2.05) is 12.2 Å². The van der Waals surface area contributed by atoms with Gasteiger partial charge in [-0.05, 0) is 11.6 Å². The summed E-state index contributed by atoms with van der Waals surface area (Å²) >= 11 is 0. The van der Waals surface area contributed by atoms with Gasteiger partial charge in [-0.15, -0.1) is 0 Å². The van der Waals surface area contributed by atoms with Crippen LogP contribution in [0.1, 0.15) is 6.42 Å². The second kappa shape index (κ2) is 2.44. The summed E-state index contributed by atoms with van der Waals surface area (Å²) in [5.74, 6) is 0.183. The van der Waals surface area contributed by atoms with E-state index < -0.39 is 0 Å². The minimum Gasteiger partial charge on any atom is -0.294 e. The molecule has 0 radical (unpaired) electrons. The third-order valence-corrected chi connectivity index (χ3v) is 1.19. The van der Waals surface area contributed by atoms with Gasteiger partial charge in [-0.3, -0.25) is 4.79 Å². The number of hydrogen-bond acceptors (Lipinski definition) is 1. The maximum atomic E-state index is 10.6. The lowest BCUT2D eigenvalue weighted by atomic mass is 10.2. The summed E-state index contributed by atoms with van der Waals surface area (Å²) in [4.78, 5) is 10.6. The van der Waals surface area contributed by atoms with Crippen molar-refractivity contribution in [1.29, 1.82) is 0 Å². The minimum absolute atomic E-state index is 0.183. The highest BCUT2D eigenvalue weighted by atomic mass is 16.1. The van der Waals surface area contributed by atoms with E-state index in [-0.39, 0.29) is 5.78 Å². The van der Waals surface area contributed by atoms with Crippen molar-refractivity contribution >= 4 is 5.78 Å². The summed E-state index contributed by atoms with van der Waals surface area (Å²) in [7, 11) is 0. The summed E-state index contributed by atoms with van der Waals surface area (Å²) in [6.45, 7) is 3.53. The van der Waals surface area contributed by atoms with Crippen molar-refractivity contribution in [2.24, 2.45) is 0 Å². The van der Waals surface area contributed by atoms with Crippen LogP contribution in [0.5, 0.6) is 0 Å². The average molecular weight is 120 g/mol. The predicted octanol–water partition coefficient (Wildman–Crippen LogP) is 1.63. The second-order valence-corrected chi connectivity index (χ2v) is 1.95. The van der Waals surface area contributed by atoms with Gasteiger partial charge in [0, 0.05) is 6.42 Å². The van der Waals surface area contributed by atoms with E-state index in [2.05, 4.69) is 6.58 Å². The molecule has 46 valence electrons. The van der Waals surface area contributed by atoms with Crippen LogP contribution >= 0.6 is 0 Å². The Balaban J connectivity index is 2.70. The van der Waals surface area contributed by atoms with Gasteiger partial charge in [-0.1, -0.05) is 24.8 Å². The topological polar surface area (TPSA) is 17.1 Å². The highest BCUT2D eigenvalue weighted by Gasteiger charge is 2.05. The summed E-state index contributed by atoms with van der Waals surface area (Å²) in [6.07, 6.45) is 7.50. The quantitative estimate of drug-likeness (QED) is 0.514. The van der Waals surface area contributed by atoms with E-state index in [1.165, 1.54) is 0 Å². The molecule has 0 saturated carbocycles. The van der Waals surface area contributed by atoms with E-state index in [4.69, 9.17) is 0 Å². The van der Waals surface area contributed by atoms with Gasteiger partial charge in [0.2, 0.25) is 0 Å². The minimum atomic E-state index is 0.183. The number of allylic oxidation sites excluding steroid dienone is 5. The zero-order valence-electron chi connectivity index (χ0n) is 5.13. The van der Waals surface area contributed by atoms with Gasteiger partial charge < -0.3 is 0 Å². The number of carbonyl (C=O) groups is 1. The lowest BCUT2D eigenvalue weighted by Gasteiger charge is -1.84. The first-order valence-electron chi connectivity index (χ1n) is 2.85. The van der Waals surface area contributed by atoms with E-state index >= 15 is 0 Å². The Hall–Kier alpha value is -1.11. The molecule has 0 saturated heterocycles. The molecule has 1 nitrogen and oxygen atoms in total. The number of carbonyl (C=O) groups excluding carboxylic acids is 1. The van der Waals surface area contributed by atoms with E-state index in [1.54, 1.807) is 12.2 Å². The van der Waals surface area contributed by atoms with Gasteiger partial charge in [-0.25, -0.2) is 0 Å². The molecule has 9 heavy (non-hydrogen) atoms. The predicted molar refractivity (Wildman–Crippen MR) is 37.0 cm³/mol. The fraction of sp³-hybridized carbons (Fsp3) is 0.125. The third kappa shape index (κ3) is 1.39. The zero-order valence-corrected chi connectivity index (χ0v) is 5.13. The van der Waals surface area contributed by atoms with Crippen LogP contribution in [0.4, 0.5) is 0 Å². The largest absolute Gasteiger partial charge is 0.294 e. The van der Waals surface area contributed by atoms with Gasteiger partial charge in [0.15, 0.2) is 5.78 Å². The van der Waals surface area contributed by atoms with Crippen LogP contribution in [0.3, 0.4) is 0 Å². The molecule has 0 aromatic heterocycles. The Kier molecular flexibility index (Phi) is 1.63. The lowest BCUT2D eigenvalue weighted by molar-refractivity contribution is -0.113. The van der Waals surface area contributed by atoms with Crippen molar-refractivity contribution < 1.29 is 4.79 Å². The van der Waals surface area contributed by atoms with Crippen molar-refractivity contribution in [1.82, 2.24) is 0 Å². The highest BCUT2D eigenvalue weighted by molar-refractivity contribution is 5.95. The monoisotopic (exact) mass is 120 g/mol. The second-order valence-electron chi connectivity index (χ2n) is 1.95. The molecule has 1 aliphatic rings. The molecule has 0 bridgehead atoms. The molecular weight excluding hydrogens is 112 g/mol. The van der Waals surface area contributed by atoms with E-state index in [0.717, 1.165) is 5.57 Å². The smallest absolute Gasteiger partial charge is 0.160 e. The lowest BCUT2D eigenvalue weighted by Crippen LogP contribution is -1.83. The first-order chi connectivity index (χ1) is 4.33. The molecule has 0 atom stereocenters. The molecule has 0 aromatic rings. The molecule has 0 aliphatic heterocycles. The fourth-order valence-corrected chi connectivity index (χ4v) is 0.785. The Labute approximate surface area is 54.4 Å². The molecule has 1 aliphatic carbocycles. The summed E-state index contributed by atoms with van der Waals surface area (Å²) in [6, 6.07) is 0. The maximum absolute atomic E-state index is 10.6. The molecule has 0 unspecified atom stereocenters. The van der Waals surface area contributed by atoms with Crippen LogP contribution in [0, 0.1) is 0 Å². The van der Waals surface area contributed by atoms with Crippen LogP contribution in [0.25, 0.3) is 0 Å². The average Bonchev–Trinajstić information content (AvgIpc) is 2.17. The van der Waals surface area contributed by atoms with E-state index in [0.29, 0.717) is 6.42 Å². The molecule has 0 spiro atoms. The van der Waals surface area contributed by atoms with Gasteiger partial charge in [0.25, 0.3) is 0 Å². The molecular formula is C8H8O. The molecule has 1 heteroatoms. The SMILES string of the molecule is C=CC=C1C=CC(=O)C1. The van der Waals surface area contributed by atoms with Gasteiger partial charge in [0.05, 0.1) is 0 Å². The first-order valence-corrected chi connectivity index (χ1v) is 2.85.